The summed E-state index contributed by atoms with van der Waals surface area (Å²) in [7, 11) is 0. The van der Waals surface area contributed by atoms with Crippen LogP contribution in [0.1, 0.15) is 33.3 Å². The molecule has 1 amide bonds. The molecule has 23 heavy (non-hydrogen) atoms. The first kappa shape index (κ1) is 17.7. The molecule has 1 heterocycles. The lowest BCUT2D eigenvalue weighted by Crippen LogP contribution is -2.54. The molecule has 0 aliphatic carbocycles. The molecule has 2 rings (SSSR count). The summed E-state index contributed by atoms with van der Waals surface area (Å²) in [5, 5.41) is 12.5. The summed E-state index contributed by atoms with van der Waals surface area (Å²) >= 11 is 0. The lowest BCUT2D eigenvalue weighted by molar-refractivity contribution is 0.0390. The van der Waals surface area contributed by atoms with Crippen LogP contribution in [0.4, 0.5) is 9.18 Å². The molecule has 128 valence electrons. The first-order valence-electron chi connectivity index (χ1n) is 7.68. The van der Waals surface area contributed by atoms with Crippen LogP contribution in [0, 0.1) is 11.7 Å². The van der Waals surface area contributed by atoms with E-state index in [1.165, 1.54) is 6.07 Å². The Labute approximate surface area is 135 Å². The largest absolute Gasteiger partial charge is 0.444 e. The van der Waals surface area contributed by atoms with Gasteiger partial charge in [0.15, 0.2) is 0 Å². The number of aliphatic hydroxyl groups excluding tert-OH is 1. The second kappa shape index (κ2) is 6.45. The summed E-state index contributed by atoms with van der Waals surface area (Å²) in [5.41, 5.74) is -1.56. The summed E-state index contributed by atoms with van der Waals surface area (Å²) < 4.78 is 25.3. The van der Waals surface area contributed by atoms with Crippen molar-refractivity contribution < 1.29 is 23.8 Å². The van der Waals surface area contributed by atoms with Gasteiger partial charge in [-0.05, 0) is 33.8 Å². The van der Waals surface area contributed by atoms with Crippen LogP contribution in [0.5, 0.6) is 0 Å². The molecule has 0 aromatic heterocycles. The van der Waals surface area contributed by atoms with E-state index in [4.69, 9.17) is 9.47 Å². The third kappa shape index (κ3) is 3.64. The van der Waals surface area contributed by atoms with Crippen molar-refractivity contribution in [1.82, 2.24) is 5.32 Å². The molecule has 1 aliphatic rings. The number of halogens is 1. The zero-order chi connectivity index (χ0) is 17.3. The van der Waals surface area contributed by atoms with Crippen molar-refractivity contribution in [2.45, 2.75) is 44.9 Å². The number of ether oxygens (including phenoxy) is 2. The van der Waals surface area contributed by atoms with E-state index in [0.29, 0.717) is 0 Å². The molecule has 3 atom stereocenters. The molecular formula is C17H24FNO4. The van der Waals surface area contributed by atoms with Gasteiger partial charge in [-0.1, -0.05) is 18.2 Å². The monoisotopic (exact) mass is 325 g/mol. The number of benzene rings is 1. The summed E-state index contributed by atoms with van der Waals surface area (Å²) in [6.45, 7) is 6.87. The van der Waals surface area contributed by atoms with Gasteiger partial charge in [-0.25, -0.2) is 9.18 Å². The minimum Gasteiger partial charge on any atom is -0.444 e. The number of carbonyl (C=O) groups excluding carboxylic acids is 1. The normalized spacial score (nSPS) is 27.7. The van der Waals surface area contributed by atoms with Crippen LogP contribution in [0.25, 0.3) is 0 Å². The molecule has 0 bridgehead atoms. The van der Waals surface area contributed by atoms with Gasteiger partial charge in [-0.15, -0.1) is 0 Å². The van der Waals surface area contributed by atoms with Gasteiger partial charge in [-0.3, -0.25) is 0 Å². The Morgan fingerprint density at radius 3 is 2.70 bits per heavy atom. The first-order chi connectivity index (χ1) is 10.7. The number of rotatable bonds is 3. The van der Waals surface area contributed by atoms with Crippen LogP contribution >= 0.6 is 0 Å². The van der Waals surface area contributed by atoms with E-state index in [0.717, 1.165) is 0 Å². The van der Waals surface area contributed by atoms with Gasteiger partial charge in [0.05, 0.1) is 19.3 Å². The maximum atomic E-state index is 14.4. The lowest BCUT2D eigenvalue weighted by atomic mass is 9.78. The van der Waals surface area contributed by atoms with Gasteiger partial charge in [0.2, 0.25) is 0 Å². The van der Waals surface area contributed by atoms with E-state index >= 15 is 0 Å². The average Bonchev–Trinajstić information content (AvgIpc) is 2.74. The Morgan fingerprint density at radius 2 is 2.13 bits per heavy atom. The van der Waals surface area contributed by atoms with Crippen molar-refractivity contribution in [1.29, 1.82) is 0 Å². The van der Waals surface area contributed by atoms with Gasteiger partial charge in [0.25, 0.3) is 0 Å². The second-order valence-corrected chi connectivity index (χ2v) is 6.88. The number of alkyl carbamates (subject to hydrolysis) is 1. The molecule has 1 saturated heterocycles. The number of carbonyl (C=O) groups is 1. The van der Waals surface area contributed by atoms with Gasteiger partial charge >= 0.3 is 6.09 Å². The Kier molecular flexibility index (Phi) is 4.96. The topological polar surface area (TPSA) is 67.8 Å². The molecule has 0 saturated carbocycles. The van der Waals surface area contributed by atoms with Crippen LogP contribution in [0.15, 0.2) is 24.3 Å². The van der Waals surface area contributed by atoms with Crippen LogP contribution in [0.2, 0.25) is 0 Å². The van der Waals surface area contributed by atoms with E-state index in [2.05, 4.69) is 5.32 Å². The minimum absolute atomic E-state index is 0.0690. The highest BCUT2D eigenvalue weighted by molar-refractivity contribution is 5.69. The van der Waals surface area contributed by atoms with Crippen molar-refractivity contribution in [3.8, 4) is 0 Å². The first-order valence-corrected chi connectivity index (χ1v) is 7.68. The van der Waals surface area contributed by atoms with E-state index in [-0.39, 0.29) is 24.9 Å². The van der Waals surface area contributed by atoms with Crippen LogP contribution in [0.3, 0.4) is 0 Å². The zero-order valence-corrected chi connectivity index (χ0v) is 13.9. The van der Waals surface area contributed by atoms with Gasteiger partial charge in [-0.2, -0.15) is 0 Å². The number of hydrogen-bond acceptors (Lipinski definition) is 4. The van der Waals surface area contributed by atoms with Crippen molar-refractivity contribution in [3.63, 3.8) is 0 Å². The standard InChI is InChI=1S/C17H24FNO4/c1-11-13(9-20)17(10-22-11,12-7-5-6-8-14(12)18)19-15(21)23-16(2,3)4/h5-8,11,13,20H,9-10H2,1-4H3,(H,19,21). The third-order valence-electron chi connectivity index (χ3n) is 4.05. The fourth-order valence-corrected chi connectivity index (χ4v) is 2.97. The maximum absolute atomic E-state index is 14.4. The molecule has 0 radical (unpaired) electrons. The molecule has 6 heteroatoms. The Balaban J connectivity index is 2.41. The summed E-state index contributed by atoms with van der Waals surface area (Å²) in [5.74, 6) is -0.938. The van der Waals surface area contributed by atoms with Crippen molar-refractivity contribution in [2.75, 3.05) is 13.2 Å². The second-order valence-electron chi connectivity index (χ2n) is 6.88. The van der Waals surface area contributed by atoms with Gasteiger partial charge in [0.1, 0.15) is 17.0 Å². The van der Waals surface area contributed by atoms with Gasteiger partial charge in [0, 0.05) is 11.5 Å². The van der Waals surface area contributed by atoms with Crippen molar-refractivity contribution in [2.24, 2.45) is 5.92 Å². The molecule has 1 aliphatic heterocycles. The molecule has 1 aromatic rings. The van der Waals surface area contributed by atoms with Crippen molar-refractivity contribution >= 4 is 6.09 Å². The number of hydrogen-bond donors (Lipinski definition) is 2. The fourth-order valence-electron chi connectivity index (χ4n) is 2.97. The minimum atomic E-state index is -1.16. The summed E-state index contributed by atoms with van der Waals surface area (Å²) in [6, 6.07) is 6.18. The molecule has 5 nitrogen and oxygen atoms in total. The predicted molar refractivity (Wildman–Crippen MR) is 83.4 cm³/mol. The molecule has 3 unspecified atom stereocenters. The Morgan fingerprint density at radius 1 is 1.48 bits per heavy atom. The molecule has 0 spiro atoms. The highest BCUT2D eigenvalue weighted by atomic mass is 19.1. The van der Waals surface area contributed by atoms with Crippen LogP contribution in [-0.2, 0) is 15.0 Å². The fraction of sp³-hybridized carbons (Fsp3) is 0.588. The molecule has 1 fully saturated rings. The van der Waals surface area contributed by atoms with E-state index < -0.39 is 29.0 Å². The highest BCUT2D eigenvalue weighted by Gasteiger charge is 2.51. The predicted octanol–water partition coefficient (Wildman–Crippen LogP) is 2.57. The molecule has 1 aromatic carbocycles. The Bertz CT molecular complexity index is 572. The summed E-state index contributed by atoms with van der Waals surface area (Å²) in [6.07, 6.45) is -0.994. The molecule has 2 N–H and O–H groups in total. The smallest absolute Gasteiger partial charge is 0.408 e. The van der Waals surface area contributed by atoms with Crippen LogP contribution in [-0.4, -0.2) is 36.1 Å². The number of nitrogens with one attached hydrogen (secondary N) is 1. The van der Waals surface area contributed by atoms with E-state index in [1.807, 2.05) is 0 Å². The SMILES string of the molecule is CC1OCC(NC(=O)OC(C)(C)C)(c2ccccc2F)C1CO. The van der Waals surface area contributed by atoms with E-state index in [1.54, 1.807) is 45.9 Å². The maximum Gasteiger partial charge on any atom is 0.408 e. The number of aliphatic hydroxyl groups is 1. The number of amides is 1. The molecular weight excluding hydrogens is 301 g/mol. The lowest BCUT2D eigenvalue weighted by Gasteiger charge is -2.36. The van der Waals surface area contributed by atoms with Crippen molar-refractivity contribution in [3.05, 3.63) is 35.6 Å². The quantitative estimate of drug-likeness (QED) is 0.896. The van der Waals surface area contributed by atoms with E-state index in [9.17, 15) is 14.3 Å². The zero-order valence-electron chi connectivity index (χ0n) is 13.9. The van der Waals surface area contributed by atoms with Gasteiger partial charge < -0.3 is 19.9 Å². The summed E-state index contributed by atoms with van der Waals surface area (Å²) in [4.78, 5) is 12.3. The Hall–Kier alpha value is -1.66. The van der Waals surface area contributed by atoms with Crippen LogP contribution < -0.4 is 5.32 Å². The third-order valence-corrected chi connectivity index (χ3v) is 4.05. The highest BCUT2D eigenvalue weighted by Crippen LogP contribution is 2.40. The average molecular weight is 325 g/mol.